The second-order valence-electron chi connectivity index (χ2n) is 8.87. The summed E-state index contributed by atoms with van der Waals surface area (Å²) in [7, 11) is 5.70. The molecule has 31 heavy (non-hydrogen) atoms. The first-order valence-electron chi connectivity index (χ1n) is 10.7. The van der Waals surface area contributed by atoms with Crippen LogP contribution in [0.1, 0.15) is 56.6 Å². The van der Waals surface area contributed by atoms with E-state index in [4.69, 9.17) is 11.6 Å². The highest BCUT2D eigenvalue weighted by atomic mass is 35.5. The van der Waals surface area contributed by atoms with Crippen LogP contribution in [0.15, 0.2) is 42.6 Å². The van der Waals surface area contributed by atoms with Crippen molar-refractivity contribution in [2.75, 3.05) is 21.1 Å². The first-order valence-corrected chi connectivity index (χ1v) is 11.1. The number of ketones is 2. The monoisotopic (exact) mass is 443 g/mol. The van der Waals surface area contributed by atoms with Gasteiger partial charge in [-0.05, 0) is 50.5 Å². The Bertz CT molecular complexity index is 897. The Hall–Kier alpha value is -2.08. The minimum Gasteiger partial charge on any atom is -0.297 e. The van der Waals surface area contributed by atoms with Gasteiger partial charge >= 0.3 is 0 Å². The van der Waals surface area contributed by atoms with Gasteiger partial charge in [0.15, 0.2) is 11.6 Å². The molecule has 6 heteroatoms. The van der Waals surface area contributed by atoms with Crippen LogP contribution in [0.3, 0.4) is 0 Å². The number of carbonyl (C=O) groups excluding carboxylic acids is 2. The molecule has 0 aliphatic carbocycles. The Morgan fingerprint density at radius 1 is 0.903 bits per heavy atom. The van der Waals surface area contributed by atoms with Crippen molar-refractivity contribution in [1.82, 2.24) is 14.8 Å². The van der Waals surface area contributed by atoms with Crippen molar-refractivity contribution in [3.63, 3.8) is 0 Å². The minimum absolute atomic E-state index is 0.104. The van der Waals surface area contributed by atoms with E-state index < -0.39 is 12.1 Å². The van der Waals surface area contributed by atoms with E-state index in [1.165, 1.54) is 0 Å². The van der Waals surface area contributed by atoms with Crippen LogP contribution in [-0.2, 0) is 16.1 Å². The summed E-state index contributed by atoms with van der Waals surface area (Å²) in [6.07, 6.45) is 1.71. The lowest BCUT2D eigenvalue weighted by molar-refractivity contribution is -0.128. The summed E-state index contributed by atoms with van der Waals surface area (Å²) in [6.45, 7) is 8.08. The number of hydrogen-bond acceptors (Lipinski definition) is 5. The van der Waals surface area contributed by atoms with Gasteiger partial charge in [0.1, 0.15) is 6.04 Å². The molecular formula is C25H34ClN3O2. The van der Waals surface area contributed by atoms with E-state index in [1.54, 1.807) is 6.20 Å². The zero-order valence-corrected chi connectivity index (χ0v) is 20.3. The molecule has 2 aromatic rings. The van der Waals surface area contributed by atoms with Gasteiger partial charge in [-0.15, -0.1) is 0 Å². The van der Waals surface area contributed by atoms with Crippen molar-refractivity contribution in [2.45, 2.75) is 46.3 Å². The summed E-state index contributed by atoms with van der Waals surface area (Å²) in [6, 6.07) is 10.4. The molecule has 0 saturated carbocycles. The Balaban J connectivity index is 2.50. The van der Waals surface area contributed by atoms with Crippen LogP contribution < -0.4 is 0 Å². The average Bonchev–Trinajstić information content (AvgIpc) is 2.70. The van der Waals surface area contributed by atoms with Gasteiger partial charge in [-0.1, -0.05) is 57.5 Å². The second-order valence-corrected chi connectivity index (χ2v) is 9.27. The molecule has 5 nitrogen and oxygen atoms in total. The third-order valence-electron chi connectivity index (χ3n) is 5.44. The number of nitrogens with zero attached hydrogens (tertiary/aromatic N) is 3. The van der Waals surface area contributed by atoms with Crippen molar-refractivity contribution in [3.05, 3.63) is 64.4 Å². The van der Waals surface area contributed by atoms with Crippen molar-refractivity contribution >= 4 is 23.2 Å². The molecule has 2 atom stereocenters. The van der Waals surface area contributed by atoms with Crippen molar-refractivity contribution in [1.29, 1.82) is 0 Å². The number of likely N-dealkylation sites (N-methyl/N-ethyl adjacent to an activating group) is 2. The maximum absolute atomic E-state index is 13.1. The summed E-state index contributed by atoms with van der Waals surface area (Å²) in [5, 5.41) is 0.558. The lowest BCUT2D eigenvalue weighted by Gasteiger charge is -2.32. The molecule has 0 amide bonds. The summed E-state index contributed by atoms with van der Waals surface area (Å²) in [5.74, 6) is -0.0444. The molecule has 0 aliphatic rings. The van der Waals surface area contributed by atoms with E-state index in [0.717, 1.165) is 16.8 Å². The maximum Gasteiger partial charge on any atom is 0.158 e. The van der Waals surface area contributed by atoms with E-state index >= 15 is 0 Å². The van der Waals surface area contributed by atoms with E-state index in [-0.39, 0.29) is 23.4 Å². The van der Waals surface area contributed by atoms with E-state index in [0.29, 0.717) is 11.6 Å². The lowest BCUT2D eigenvalue weighted by atomic mass is 9.90. The predicted molar refractivity (Wildman–Crippen MR) is 126 cm³/mol. The van der Waals surface area contributed by atoms with Gasteiger partial charge in [0.2, 0.25) is 0 Å². The fourth-order valence-electron chi connectivity index (χ4n) is 3.80. The maximum atomic E-state index is 13.1. The van der Waals surface area contributed by atoms with Crippen LogP contribution >= 0.6 is 11.6 Å². The molecule has 1 aromatic heterocycles. The molecule has 0 fully saturated rings. The molecule has 0 saturated heterocycles. The summed E-state index contributed by atoms with van der Waals surface area (Å²) in [4.78, 5) is 34.5. The smallest absolute Gasteiger partial charge is 0.158 e. The number of benzene rings is 1. The fraction of sp³-hybridized carbons (Fsp3) is 0.480. The third kappa shape index (κ3) is 6.00. The number of rotatable bonds is 10. The largest absolute Gasteiger partial charge is 0.297 e. The molecule has 1 aromatic carbocycles. The minimum atomic E-state index is -0.480. The SMILES string of the molecule is CC(C)C(=O)C(c1c(Cl)cccc1CN(C)C(C(=O)C(C)C)c1ccccn1)N(C)C. The second kappa shape index (κ2) is 11.0. The molecule has 168 valence electrons. The molecule has 0 spiro atoms. The molecule has 0 radical (unpaired) electrons. The highest BCUT2D eigenvalue weighted by Gasteiger charge is 2.32. The Kier molecular flexibility index (Phi) is 8.92. The zero-order chi connectivity index (χ0) is 23.3. The number of carbonyl (C=O) groups is 2. The quantitative estimate of drug-likeness (QED) is 0.519. The Morgan fingerprint density at radius 2 is 1.52 bits per heavy atom. The van der Waals surface area contributed by atoms with Crippen LogP contribution in [0.25, 0.3) is 0 Å². The Morgan fingerprint density at radius 3 is 2.03 bits per heavy atom. The van der Waals surface area contributed by atoms with E-state index in [9.17, 15) is 9.59 Å². The summed E-state index contributed by atoms with van der Waals surface area (Å²) < 4.78 is 0. The third-order valence-corrected chi connectivity index (χ3v) is 5.77. The van der Waals surface area contributed by atoms with Gasteiger partial charge in [0.05, 0.1) is 11.7 Å². The van der Waals surface area contributed by atoms with Crippen molar-refractivity contribution in [2.24, 2.45) is 11.8 Å². The lowest BCUT2D eigenvalue weighted by Crippen LogP contribution is -2.35. The van der Waals surface area contributed by atoms with Gasteiger partial charge < -0.3 is 0 Å². The van der Waals surface area contributed by atoms with Gasteiger partial charge in [-0.2, -0.15) is 0 Å². The summed E-state index contributed by atoms with van der Waals surface area (Å²) >= 11 is 6.63. The normalized spacial score (nSPS) is 13.8. The van der Waals surface area contributed by atoms with Crippen molar-refractivity contribution in [3.8, 4) is 0 Å². The van der Waals surface area contributed by atoms with Crippen LogP contribution in [0.2, 0.25) is 5.02 Å². The highest BCUT2D eigenvalue weighted by molar-refractivity contribution is 6.31. The zero-order valence-electron chi connectivity index (χ0n) is 19.6. The summed E-state index contributed by atoms with van der Waals surface area (Å²) in [5.41, 5.74) is 2.45. The number of hydrogen-bond donors (Lipinski definition) is 0. The van der Waals surface area contributed by atoms with Crippen LogP contribution in [0, 0.1) is 11.8 Å². The first-order chi connectivity index (χ1) is 14.6. The highest BCUT2D eigenvalue weighted by Crippen LogP contribution is 2.34. The fourth-order valence-corrected chi connectivity index (χ4v) is 4.10. The number of pyridine rings is 1. The van der Waals surface area contributed by atoms with Gasteiger partial charge in [0, 0.05) is 29.6 Å². The van der Waals surface area contributed by atoms with Gasteiger partial charge in [-0.25, -0.2) is 0 Å². The number of aromatic nitrogens is 1. The predicted octanol–water partition coefficient (Wildman–Crippen LogP) is 4.96. The number of halogens is 1. The van der Waals surface area contributed by atoms with Crippen LogP contribution in [0.4, 0.5) is 0 Å². The van der Waals surface area contributed by atoms with Crippen molar-refractivity contribution < 1.29 is 9.59 Å². The van der Waals surface area contributed by atoms with Gasteiger partial charge in [-0.3, -0.25) is 24.4 Å². The van der Waals surface area contributed by atoms with E-state index in [2.05, 4.69) is 4.98 Å². The molecule has 2 unspecified atom stereocenters. The molecular weight excluding hydrogens is 410 g/mol. The molecule has 0 bridgehead atoms. The molecule has 2 rings (SSSR count). The first kappa shape index (κ1) is 25.2. The average molecular weight is 444 g/mol. The number of Topliss-reactive ketones (excluding diaryl/α,β-unsaturated/α-hetero) is 2. The molecule has 1 heterocycles. The molecule has 0 aliphatic heterocycles. The standard InChI is InChI=1S/C25H34ClN3O2/c1-16(2)24(30)22(20-13-8-9-14-27-20)29(7)15-18-11-10-12-19(26)21(18)23(28(5)6)25(31)17(3)4/h8-14,16-17,22-23H,15H2,1-7H3. The van der Waals surface area contributed by atoms with E-state index in [1.807, 2.05) is 95.0 Å². The topological polar surface area (TPSA) is 53.5 Å². The van der Waals surface area contributed by atoms with Gasteiger partial charge in [0.25, 0.3) is 0 Å². The van der Waals surface area contributed by atoms with Crippen LogP contribution in [-0.4, -0.2) is 47.5 Å². The Labute approximate surface area is 191 Å². The molecule has 0 N–H and O–H groups in total. The van der Waals surface area contributed by atoms with Crippen LogP contribution in [0.5, 0.6) is 0 Å².